The summed E-state index contributed by atoms with van der Waals surface area (Å²) in [6, 6.07) is 6.62. The van der Waals surface area contributed by atoms with Gasteiger partial charge in [-0.3, -0.25) is 4.90 Å². The van der Waals surface area contributed by atoms with Crippen LogP contribution in [0.25, 0.3) is 11.0 Å². The molecule has 0 spiro atoms. The van der Waals surface area contributed by atoms with E-state index < -0.39 is 0 Å². The first-order valence-electron chi connectivity index (χ1n) is 6.89. The maximum absolute atomic E-state index is 6.43. The minimum absolute atomic E-state index is 0.0331. The summed E-state index contributed by atoms with van der Waals surface area (Å²) in [7, 11) is 0. The first-order chi connectivity index (χ1) is 9.25. The van der Waals surface area contributed by atoms with Gasteiger partial charge in [-0.2, -0.15) is 0 Å². The predicted octanol–water partition coefficient (Wildman–Crippen LogP) is 0.856. The fourth-order valence-electron chi connectivity index (χ4n) is 2.76. The Morgan fingerprint density at radius 2 is 2.11 bits per heavy atom. The maximum Gasteiger partial charge on any atom is 0.0931 e. The van der Waals surface area contributed by atoms with Crippen LogP contribution >= 0.6 is 0 Å². The Morgan fingerprint density at radius 3 is 2.89 bits per heavy atom. The number of hydrogen-bond acceptors (Lipinski definition) is 4. The summed E-state index contributed by atoms with van der Waals surface area (Å²) in [5.74, 6) is 0. The Morgan fingerprint density at radius 1 is 1.32 bits per heavy atom. The molecular formula is C14H21N5. The smallest absolute Gasteiger partial charge is 0.0931 e. The predicted molar refractivity (Wildman–Crippen MR) is 76.9 cm³/mol. The lowest BCUT2D eigenvalue weighted by molar-refractivity contribution is 0.163. The second kappa shape index (κ2) is 5.28. The number of aromatic amines is 1. The van der Waals surface area contributed by atoms with Crippen molar-refractivity contribution >= 4 is 11.0 Å². The third-order valence-electron chi connectivity index (χ3n) is 4.08. The van der Waals surface area contributed by atoms with Gasteiger partial charge >= 0.3 is 0 Å². The molecule has 3 rings (SSSR count). The largest absolute Gasteiger partial charge is 0.345 e. The number of aromatic nitrogens is 2. The molecule has 5 heteroatoms. The second-order valence-corrected chi connectivity index (χ2v) is 5.23. The SMILES string of the molecule is CC(C(N)c1ccc2nc[nH]c2c1)N1CCNCC1. The third kappa shape index (κ3) is 2.49. The van der Waals surface area contributed by atoms with Crippen molar-refractivity contribution in [3.8, 4) is 0 Å². The lowest BCUT2D eigenvalue weighted by Crippen LogP contribution is -2.50. The Balaban J connectivity index is 1.79. The summed E-state index contributed by atoms with van der Waals surface area (Å²) in [6.07, 6.45) is 1.72. The van der Waals surface area contributed by atoms with Crippen LogP contribution in [0.3, 0.4) is 0 Å². The standard InChI is InChI=1S/C14H21N5/c1-10(19-6-4-16-5-7-19)14(15)11-2-3-12-13(8-11)18-9-17-12/h2-3,8-10,14,16H,4-7,15H2,1H3,(H,17,18). The van der Waals surface area contributed by atoms with Crippen molar-refractivity contribution in [2.75, 3.05) is 26.2 Å². The number of piperazine rings is 1. The second-order valence-electron chi connectivity index (χ2n) is 5.23. The van der Waals surface area contributed by atoms with E-state index >= 15 is 0 Å². The van der Waals surface area contributed by atoms with E-state index in [1.807, 2.05) is 6.07 Å². The van der Waals surface area contributed by atoms with Gasteiger partial charge in [0.2, 0.25) is 0 Å². The van der Waals surface area contributed by atoms with Crippen molar-refractivity contribution in [1.29, 1.82) is 0 Å². The molecule has 5 nitrogen and oxygen atoms in total. The lowest BCUT2D eigenvalue weighted by atomic mass is 9.99. The van der Waals surface area contributed by atoms with Crippen LogP contribution in [0.15, 0.2) is 24.5 Å². The average Bonchev–Trinajstić information content (AvgIpc) is 2.94. The number of H-pyrrole nitrogens is 1. The van der Waals surface area contributed by atoms with Crippen molar-refractivity contribution in [2.24, 2.45) is 5.73 Å². The molecule has 1 aromatic carbocycles. The minimum atomic E-state index is 0.0331. The van der Waals surface area contributed by atoms with Crippen LogP contribution < -0.4 is 11.1 Å². The summed E-state index contributed by atoms with van der Waals surface area (Å²) in [5, 5.41) is 3.37. The number of benzene rings is 1. The zero-order chi connectivity index (χ0) is 13.2. The van der Waals surface area contributed by atoms with Gasteiger partial charge in [0.05, 0.1) is 17.4 Å². The molecule has 1 aromatic heterocycles. The van der Waals surface area contributed by atoms with Gasteiger partial charge in [-0.15, -0.1) is 0 Å². The van der Waals surface area contributed by atoms with E-state index in [0.29, 0.717) is 6.04 Å². The molecule has 2 unspecified atom stereocenters. The van der Waals surface area contributed by atoms with Crippen LogP contribution in [0.1, 0.15) is 18.5 Å². The van der Waals surface area contributed by atoms with Crippen LogP contribution in [0, 0.1) is 0 Å². The molecule has 2 atom stereocenters. The number of rotatable bonds is 3. The molecule has 1 saturated heterocycles. The van der Waals surface area contributed by atoms with Crippen LogP contribution in [0.4, 0.5) is 0 Å². The lowest BCUT2D eigenvalue weighted by Gasteiger charge is -2.36. The van der Waals surface area contributed by atoms with Crippen molar-refractivity contribution in [2.45, 2.75) is 19.0 Å². The van der Waals surface area contributed by atoms with Gasteiger partial charge in [0.15, 0.2) is 0 Å². The number of nitrogens with one attached hydrogen (secondary N) is 2. The Bertz CT molecular complexity index is 544. The van der Waals surface area contributed by atoms with E-state index in [-0.39, 0.29) is 6.04 Å². The number of hydrogen-bond donors (Lipinski definition) is 3. The quantitative estimate of drug-likeness (QED) is 0.764. The topological polar surface area (TPSA) is 70.0 Å². The van der Waals surface area contributed by atoms with Crippen molar-refractivity contribution in [3.05, 3.63) is 30.1 Å². The number of nitrogens with two attached hydrogens (primary N) is 1. The zero-order valence-corrected chi connectivity index (χ0v) is 11.3. The normalized spacial score (nSPS) is 20.5. The molecule has 19 heavy (non-hydrogen) atoms. The molecule has 4 N–H and O–H groups in total. The Hall–Kier alpha value is -1.43. The summed E-state index contributed by atoms with van der Waals surface area (Å²) in [4.78, 5) is 9.84. The summed E-state index contributed by atoms with van der Waals surface area (Å²) in [5.41, 5.74) is 9.65. The molecule has 102 valence electrons. The van der Waals surface area contributed by atoms with Gasteiger partial charge in [-0.25, -0.2) is 4.98 Å². The van der Waals surface area contributed by atoms with Gasteiger partial charge in [-0.05, 0) is 24.6 Å². The first-order valence-corrected chi connectivity index (χ1v) is 6.89. The molecular weight excluding hydrogens is 238 g/mol. The number of fused-ring (bicyclic) bond motifs is 1. The van der Waals surface area contributed by atoms with E-state index in [2.05, 4.69) is 39.2 Å². The van der Waals surface area contributed by atoms with Crippen LogP contribution in [0.2, 0.25) is 0 Å². The highest BCUT2D eigenvalue weighted by atomic mass is 15.2. The zero-order valence-electron chi connectivity index (χ0n) is 11.3. The van der Waals surface area contributed by atoms with Crippen molar-refractivity contribution < 1.29 is 0 Å². The average molecular weight is 259 g/mol. The molecule has 1 aliphatic heterocycles. The highest BCUT2D eigenvalue weighted by Crippen LogP contribution is 2.21. The monoisotopic (exact) mass is 259 g/mol. The molecule has 0 bridgehead atoms. The van der Waals surface area contributed by atoms with E-state index in [1.54, 1.807) is 6.33 Å². The van der Waals surface area contributed by atoms with Crippen LogP contribution in [0.5, 0.6) is 0 Å². The number of imidazole rings is 1. The molecule has 2 aromatic rings. The highest BCUT2D eigenvalue weighted by Gasteiger charge is 2.23. The van der Waals surface area contributed by atoms with Gasteiger partial charge < -0.3 is 16.0 Å². The highest BCUT2D eigenvalue weighted by molar-refractivity contribution is 5.75. The van der Waals surface area contributed by atoms with E-state index in [1.165, 1.54) is 5.56 Å². The van der Waals surface area contributed by atoms with Crippen molar-refractivity contribution in [3.63, 3.8) is 0 Å². The fraction of sp³-hybridized carbons (Fsp3) is 0.500. The molecule has 1 aliphatic rings. The molecule has 0 amide bonds. The maximum atomic E-state index is 6.43. The first kappa shape index (κ1) is 12.6. The van der Waals surface area contributed by atoms with E-state index in [0.717, 1.165) is 37.2 Å². The molecule has 0 aliphatic carbocycles. The Labute approximate surface area is 113 Å². The van der Waals surface area contributed by atoms with Gasteiger partial charge in [-0.1, -0.05) is 6.07 Å². The van der Waals surface area contributed by atoms with Gasteiger partial charge in [0, 0.05) is 38.3 Å². The van der Waals surface area contributed by atoms with Crippen LogP contribution in [-0.2, 0) is 0 Å². The summed E-state index contributed by atoms with van der Waals surface area (Å²) in [6.45, 7) is 6.46. The van der Waals surface area contributed by atoms with Crippen LogP contribution in [-0.4, -0.2) is 47.1 Å². The van der Waals surface area contributed by atoms with Gasteiger partial charge in [0.25, 0.3) is 0 Å². The van der Waals surface area contributed by atoms with E-state index in [9.17, 15) is 0 Å². The third-order valence-corrected chi connectivity index (χ3v) is 4.08. The number of nitrogens with zero attached hydrogens (tertiary/aromatic N) is 2. The fourth-order valence-corrected chi connectivity index (χ4v) is 2.76. The Kier molecular flexibility index (Phi) is 3.50. The molecule has 1 fully saturated rings. The minimum Gasteiger partial charge on any atom is -0.345 e. The van der Waals surface area contributed by atoms with Gasteiger partial charge in [0.1, 0.15) is 0 Å². The molecule has 0 saturated carbocycles. The van der Waals surface area contributed by atoms with Crippen molar-refractivity contribution in [1.82, 2.24) is 20.2 Å². The molecule has 2 heterocycles. The van der Waals surface area contributed by atoms with E-state index in [4.69, 9.17) is 5.73 Å². The summed E-state index contributed by atoms with van der Waals surface area (Å²) < 4.78 is 0. The molecule has 0 radical (unpaired) electrons. The summed E-state index contributed by atoms with van der Waals surface area (Å²) >= 11 is 0.